The van der Waals surface area contributed by atoms with Crippen LogP contribution < -0.4 is 9.64 Å². The second-order valence-electron chi connectivity index (χ2n) is 6.30. The summed E-state index contributed by atoms with van der Waals surface area (Å²) >= 11 is 0. The molecule has 1 heterocycles. The van der Waals surface area contributed by atoms with Gasteiger partial charge in [0.15, 0.2) is 0 Å². The lowest BCUT2D eigenvalue weighted by Crippen LogP contribution is -2.49. The van der Waals surface area contributed by atoms with E-state index in [1.807, 2.05) is 36.1 Å². The Balaban J connectivity index is 1.85. The zero-order valence-corrected chi connectivity index (χ0v) is 15.5. The summed E-state index contributed by atoms with van der Waals surface area (Å²) in [7, 11) is 1.68. The summed E-state index contributed by atoms with van der Waals surface area (Å²) in [5.41, 5.74) is 1.07. The third-order valence-electron chi connectivity index (χ3n) is 4.59. The highest BCUT2D eigenvalue weighted by Crippen LogP contribution is 2.28. The molecule has 0 unspecified atom stereocenters. The van der Waals surface area contributed by atoms with Crippen molar-refractivity contribution in [2.24, 2.45) is 0 Å². The minimum Gasteiger partial charge on any atom is -0.495 e. The summed E-state index contributed by atoms with van der Waals surface area (Å²) < 4.78 is 5.42. The Morgan fingerprint density at radius 3 is 2.40 bits per heavy atom. The van der Waals surface area contributed by atoms with Gasteiger partial charge >= 0.3 is 0 Å². The number of hydrogen-bond acceptors (Lipinski definition) is 4. The molecule has 1 saturated heterocycles. The van der Waals surface area contributed by atoms with E-state index in [1.54, 1.807) is 18.9 Å². The lowest BCUT2D eigenvalue weighted by Gasteiger charge is -2.37. The highest BCUT2D eigenvalue weighted by Gasteiger charge is 2.23. The minimum absolute atomic E-state index is 0.0376. The van der Waals surface area contributed by atoms with Crippen LogP contribution in [0.4, 0.5) is 5.69 Å². The zero-order chi connectivity index (χ0) is 18.2. The third kappa shape index (κ3) is 5.11. The van der Waals surface area contributed by atoms with Crippen molar-refractivity contribution in [3.05, 3.63) is 24.3 Å². The van der Waals surface area contributed by atoms with E-state index in [2.05, 4.69) is 4.90 Å². The topological polar surface area (TPSA) is 53.1 Å². The normalized spacial score (nSPS) is 14.4. The molecule has 1 aliphatic rings. The van der Waals surface area contributed by atoms with Gasteiger partial charge in [-0.05, 0) is 18.6 Å². The van der Waals surface area contributed by atoms with E-state index in [4.69, 9.17) is 4.74 Å². The van der Waals surface area contributed by atoms with Crippen molar-refractivity contribution < 1.29 is 14.3 Å². The maximum absolute atomic E-state index is 12.4. The average molecular weight is 347 g/mol. The van der Waals surface area contributed by atoms with E-state index in [0.717, 1.165) is 30.9 Å². The molecular weight excluding hydrogens is 318 g/mol. The molecule has 1 aliphatic heterocycles. The fraction of sp³-hybridized carbons (Fsp3) is 0.579. The van der Waals surface area contributed by atoms with Crippen molar-refractivity contribution in [3.8, 4) is 5.75 Å². The Morgan fingerprint density at radius 1 is 1.12 bits per heavy atom. The van der Waals surface area contributed by atoms with Crippen LogP contribution in [0.1, 0.15) is 26.7 Å². The second-order valence-corrected chi connectivity index (χ2v) is 6.30. The fourth-order valence-electron chi connectivity index (χ4n) is 3.17. The van der Waals surface area contributed by atoms with Crippen LogP contribution in [-0.2, 0) is 9.59 Å². The fourth-order valence-corrected chi connectivity index (χ4v) is 3.17. The molecule has 0 N–H and O–H groups in total. The van der Waals surface area contributed by atoms with Gasteiger partial charge in [0.2, 0.25) is 11.8 Å². The van der Waals surface area contributed by atoms with Crippen LogP contribution in [0.3, 0.4) is 0 Å². The first kappa shape index (κ1) is 19.1. The van der Waals surface area contributed by atoms with Gasteiger partial charge in [-0.25, -0.2) is 0 Å². The number of rotatable bonds is 7. The van der Waals surface area contributed by atoms with Crippen LogP contribution in [0.15, 0.2) is 24.3 Å². The van der Waals surface area contributed by atoms with Crippen LogP contribution in [0.25, 0.3) is 0 Å². The Kier molecular flexibility index (Phi) is 7.10. The van der Waals surface area contributed by atoms with Crippen LogP contribution in [-0.4, -0.2) is 68.0 Å². The summed E-state index contributed by atoms with van der Waals surface area (Å²) in [6, 6.07) is 7.96. The number of benzene rings is 1. The molecule has 0 radical (unpaired) electrons. The molecule has 0 aromatic heterocycles. The molecule has 1 fully saturated rings. The summed E-state index contributed by atoms with van der Waals surface area (Å²) in [5.74, 6) is 1.02. The SMILES string of the molecule is CCCN(CCC(=O)N1CCN(c2ccccc2OC)CC1)C(C)=O. The Labute approximate surface area is 150 Å². The number of methoxy groups -OCH3 is 1. The standard InChI is InChI=1S/C19H29N3O3/c1-4-10-20(16(2)23)11-9-19(24)22-14-12-21(13-15-22)17-7-5-6-8-18(17)25-3/h5-8H,4,9-15H2,1-3H3. The van der Waals surface area contributed by atoms with Crippen molar-refractivity contribution in [1.29, 1.82) is 0 Å². The lowest BCUT2D eigenvalue weighted by molar-refractivity contribution is -0.133. The molecule has 6 heteroatoms. The van der Waals surface area contributed by atoms with E-state index < -0.39 is 0 Å². The number of hydrogen-bond donors (Lipinski definition) is 0. The number of piperazine rings is 1. The number of anilines is 1. The van der Waals surface area contributed by atoms with Gasteiger partial charge < -0.3 is 19.4 Å². The largest absolute Gasteiger partial charge is 0.495 e. The van der Waals surface area contributed by atoms with Crippen molar-refractivity contribution in [1.82, 2.24) is 9.80 Å². The molecule has 138 valence electrons. The Bertz CT molecular complexity index is 583. The van der Waals surface area contributed by atoms with Crippen LogP contribution in [0.5, 0.6) is 5.75 Å². The van der Waals surface area contributed by atoms with E-state index >= 15 is 0 Å². The average Bonchev–Trinajstić information content (AvgIpc) is 2.64. The van der Waals surface area contributed by atoms with Crippen molar-refractivity contribution >= 4 is 17.5 Å². The molecule has 2 rings (SSSR count). The number of para-hydroxylation sites is 2. The summed E-state index contributed by atoms with van der Waals surface area (Å²) in [4.78, 5) is 29.9. The van der Waals surface area contributed by atoms with Crippen LogP contribution in [0, 0.1) is 0 Å². The smallest absolute Gasteiger partial charge is 0.224 e. The van der Waals surface area contributed by atoms with Crippen molar-refractivity contribution in [2.45, 2.75) is 26.7 Å². The Morgan fingerprint density at radius 2 is 1.80 bits per heavy atom. The van der Waals surface area contributed by atoms with Gasteiger partial charge in [0.05, 0.1) is 12.8 Å². The number of amides is 2. The van der Waals surface area contributed by atoms with E-state index in [9.17, 15) is 9.59 Å². The quantitative estimate of drug-likeness (QED) is 0.757. The monoisotopic (exact) mass is 347 g/mol. The molecule has 25 heavy (non-hydrogen) atoms. The third-order valence-corrected chi connectivity index (χ3v) is 4.59. The van der Waals surface area contributed by atoms with Gasteiger partial charge in [0.25, 0.3) is 0 Å². The molecular formula is C19H29N3O3. The van der Waals surface area contributed by atoms with Crippen LogP contribution in [0.2, 0.25) is 0 Å². The van der Waals surface area contributed by atoms with E-state index in [1.165, 1.54) is 0 Å². The van der Waals surface area contributed by atoms with Crippen molar-refractivity contribution in [3.63, 3.8) is 0 Å². The van der Waals surface area contributed by atoms with Gasteiger partial charge in [-0.2, -0.15) is 0 Å². The van der Waals surface area contributed by atoms with E-state index in [-0.39, 0.29) is 11.8 Å². The minimum atomic E-state index is 0.0376. The summed E-state index contributed by atoms with van der Waals surface area (Å²) in [6.07, 6.45) is 1.31. The molecule has 6 nitrogen and oxygen atoms in total. The molecule has 0 atom stereocenters. The molecule has 0 aliphatic carbocycles. The van der Waals surface area contributed by atoms with E-state index in [0.29, 0.717) is 32.6 Å². The van der Waals surface area contributed by atoms with Crippen LogP contribution >= 0.6 is 0 Å². The number of carbonyl (C=O) groups is 2. The first-order valence-corrected chi connectivity index (χ1v) is 8.98. The van der Waals surface area contributed by atoms with Crippen molar-refractivity contribution in [2.75, 3.05) is 51.3 Å². The maximum atomic E-state index is 12.4. The molecule has 0 spiro atoms. The highest BCUT2D eigenvalue weighted by atomic mass is 16.5. The van der Waals surface area contributed by atoms with Gasteiger partial charge in [-0.1, -0.05) is 19.1 Å². The van der Waals surface area contributed by atoms with Gasteiger partial charge in [0.1, 0.15) is 5.75 Å². The highest BCUT2D eigenvalue weighted by molar-refractivity contribution is 5.78. The molecule has 2 amide bonds. The number of nitrogens with zero attached hydrogens (tertiary/aromatic N) is 3. The van der Waals surface area contributed by atoms with Gasteiger partial charge in [-0.3, -0.25) is 9.59 Å². The van der Waals surface area contributed by atoms with Gasteiger partial charge in [-0.15, -0.1) is 0 Å². The summed E-state index contributed by atoms with van der Waals surface area (Å²) in [5, 5.41) is 0. The molecule has 0 saturated carbocycles. The summed E-state index contributed by atoms with van der Waals surface area (Å²) in [6.45, 7) is 7.80. The molecule has 0 bridgehead atoms. The first-order chi connectivity index (χ1) is 12.1. The van der Waals surface area contributed by atoms with Gasteiger partial charge in [0, 0.05) is 52.6 Å². The molecule has 1 aromatic carbocycles. The lowest BCUT2D eigenvalue weighted by atomic mass is 10.2. The number of carbonyl (C=O) groups excluding carboxylic acids is 2. The molecule has 1 aromatic rings. The predicted molar refractivity (Wildman–Crippen MR) is 98.9 cm³/mol. The zero-order valence-electron chi connectivity index (χ0n) is 15.5. The maximum Gasteiger partial charge on any atom is 0.224 e. The predicted octanol–water partition coefficient (Wildman–Crippen LogP) is 1.99. The first-order valence-electron chi connectivity index (χ1n) is 8.98. The number of ether oxygens (including phenoxy) is 1. The second kappa shape index (κ2) is 9.30. The Hall–Kier alpha value is -2.24.